The standard InChI is InChI=1S/C14H24N4O.2ClH/c1-18(2)12-4-8-15-7-3-9-17-14(19)13-5-10-16-11-6-13;;/h5-6,10-11,15H,3-4,7-9,12H2,1-2H3,(H,17,19);2*1H/p-2. The second-order valence-corrected chi connectivity index (χ2v) is 4.75. The van der Waals surface area contributed by atoms with Gasteiger partial charge in [-0.1, -0.05) is 0 Å². The summed E-state index contributed by atoms with van der Waals surface area (Å²) in [4.78, 5) is 17.8. The Morgan fingerprint density at radius 1 is 1.10 bits per heavy atom. The van der Waals surface area contributed by atoms with Gasteiger partial charge in [0.2, 0.25) is 0 Å². The van der Waals surface area contributed by atoms with Gasteiger partial charge in [-0.15, -0.1) is 0 Å². The van der Waals surface area contributed by atoms with Crippen molar-refractivity contribution in [2.24, 2.45) is 0 Å². The van der Waals surface area contributed by atoms with E-state index in [1.165, 1.54) is 0 Å². The number of hydrogen-bond acceptors (Lipinski definition) is 4. The van der Waals surface area contributed by atoms with Crippen LogP contribution in [0, 0.1) is 0 Å². The van der Waals surface area contributed by atoms with E-state index >= 15 is 0 Å². The number of aromatic nitrogens is 1. The van der Waals surface area contributed by atoms with Crippen LogP contribution in [0.4, 0.5) is 0 Å². The van der Waals surface area contributed by atoms with Gasteiger partial charge in [0.15, 0.2) is 0 Å². The second-order valence-electron chi connectivity index (χ2n) is 4.75. The maximum absolute atomic E-state index is 11.7. The topological polar surface area (TPSA) is 57.3 Å². The van der Waals surface area contributed by atoms with Crippen molar-refractivity contribution in [2.45, 2.75) is 12.8 Å². The quantitative estimate of drug-likeness (QED) is 0.443. The third-order valence-corrected chi connectivity index (χ3v) is 2.72. The highest BCUT2D eigenvalue weighted by molar-refractivity contribution is 5.93. The van der Waals surface area contributed by atoms with Crippen molar-refractivity contribution in [2.75, 3.05) is 40.3 Å². The summed E-state index contributed by atoms with van der Waals surface area (Å²) in [6.07, 6.45) is 5.34. The van der Waals surface area contributed by atoms with E-state index in [4.69, 9.17) is 0 Å². The van der Waals surface area contributed by atoms with E-state index in [2.05, 4.69) is 34.6 Å². The number of amides is 1. The first-order chi connectivity index (χ1) is 9.20. The van der Waals surface area contributed by atoms with Crippen LogP contribution in [0.1, 0.15) is 23.2 Å². The average molecular weight is 335 g/mol. The monoisotopic (exact) mass is 334 g/mol. The molecule has 2 N–H and O–H groups in total. The lowest BCUT2D eigenvalue weighted by molar-refractivity contribution is -0.00100. The molecule has 1 aromatic rings. The third kappa shape index (κ3) is 11.5. The van der Waals surface area contributed by atoms with E-state index in [0.29, 0.717) is 12.1 Å². The highest BCUT2D eigenvalue weighted by atomic mass is 35.5. The molecule has 122 valence electrons. The number of halogens is 2. The maximum atomic E-state index is 11.7. The summed E-state index contributed by atoms with van der Waals surface area (Å²) in [7, 11) is 4.16. The summed E-state index contributed by atoms with van der Waals surface area (Å²) in [6.45, 7) is 3.76. The largest absolute Gasteiger partial charge is 1.00 e. The van der Waals surface area contributed by atoms with Crippen LogP contribution < -0.4 is 35.4 Å². The molecule has 0 saturated carbocycles. The summed E-state index contributed by atoms with van der Waals surface area (Å²) in [5, 5.41) is 6.26. The van der Waals surface area contributed by atoms with Crippen LogP contribution in [0.15, 0.2) is 24.5 Å². The van der Waals surface area contributed by atoms with Crippen LogP contribution in [0.5, 0.6) is 0 Å². The van der Waals surface area contributed by atoms with E-state index in [9.17, 15) is 4.79 Å². The SMILES string of the molecule is CN(C)CCCNCCCNC(=O)c1ccncc1.[Cl-].[Cl-]. The molecule has 0 bridgehead atoms. The van der Waals surface area contributed by atoms with Gasteiger partial charge in [0.25, 0.3) is 5.91 Å². The molecule has 0 aromatic carbocycles. The first-order valence-electron chi connectivity index (χ1n) is 6.74. The number of nitrogens with zero attached hydrogens (tertiary/aromatic N) is 2. The molecule has 5 nitrogen and oxygen atoms in total. The van der Waals surface area contributed by atoms with Gasteiger partial charge >= 0.3 is 0 Å². The van der Waals surface area contributed by atoms with E-state index in [1.54, 1.807) is 24.5 Å². The molecule has 0 unspecified atom stereocenters. The number of carbonyl (C=O) groups is 1. The third-order valence-electron chi connectivity index (χ3n) is 2.72. The van der Waals surface area contributed by atoms with Crippen LogP contribution >= 0.6 is 0 Å². The lowest BCUT2D eigenvalue weighted by Crippen LogP contribution is -3.00. The van der Waals surface area contributed by atoms with Crippen molar-refractivity contribution in [3.8, 4) is 0 Å². The lowest BCUT2D eigenvalue weighted by atomic mass is 10.2. The van der Waals surface area contributed by atoms with E-state index < -0.39 is 0 Å². The Morgan fingerprint density at radius 2 is 1.71 bits per heavy atom. The van der Waals surface area contributed by atoms with E-state index in [0.717, 1.165) is 32.5 Å². The minimum atomic E-state index is -0.0324. The summed E-state index contributed by atoms with van der Waals surface area (Å²) < 4.78 is 0. The van der Waals surface area contributed by atoms with Gasteiger partial charge in [0, 0.05) is 24.5 Å². The van der Waals surface area contributed by atoms with Crippen molar-refractivity contribution in [3.63, 3.8) is 0 Å². The molecular formula is C14H24Cl2N4O-2. The fraction of sp³-hybridized carbons (Fsp3) is 0.571. The van der Waals surface area contributed by atoms with Crippen LogP contribution in [0.25, 0.3) is 0 Å². The van der Waals surface area contributed by atoms with Gasteiger partial charge in [-0.2, -0.15) is 0 Å². The maximum Gasteiger partial charge on any atom is 0.251 e. The molecular weight excluding hydrogens is 311 g/mol. The summed E-state index contributed by atoms with van der Waals surface area (Å²) in [6, 6.07) is 3.43. The fourth-order valence-electron chi connectivity index (χ4n) is 1.67. The Bertz CT molecular complexity index is 363. The number of rotatable bonds is 9. The zero-order valence-electron chi connectivity index (χ0n) is 12.6. The first kappa shape index (κ1) is 22.4. The summed E-state index contributed by atoms with van der Waals surface area (Å²) >= 11 is 0. The van der Waals surface area contributed by atoms with Gasteiger partial charge in [0.1, 0.15) is 0 Å². The van der Waals surface area contributed by atoms with Gasteiger partial charge in [0.05, 0.1) is 0 Å². The highest BCUT2D eigenvalue weighted by Crippen LogP contribution is 1.95. The molecule has 1 rings (SSSR count). The lowest BCUT2D eigenvalue weighted by Gasteiger charge is -2.10. The van der Waals surface area contributed by atoms with Crippen LogP contribution in [0.3, 0.4) is 0 Å². The van der Waals surface area contributed by atoms with Gasteiger partial charge in [-0.3, -0.25) is 9.78 Å². The van der Waals surface area contributed by atoms with Crippen molar-refractivity contribution in [1.82, 2.24) is 20.5 Å². The molecule has 0 aliphatic heterocycles. The molecule has 0 spiro atoms. The second kappa shape index (κ2) is 14.1. The predicted octanol–water partition coefficient (Wildman–Crippen LogP) is -5.25. The average Bonchev–Trinajstić information content (AvgIpc) is 2.42. The highest BCUT2D eigenvalue weighted by Gasteiger charge is 2.02. The fourth-order valence-corrected chi connectivity index (χ4v) is 1.67. The van der Waals surface area contributed by atoms with Crippen molar-refractivity contribution < 1.29 is 29.6 Å². The minimum absolute atomic E-state index is 0. The van der Waals surface area contributed by atoms with Crippen LogP contribution in [-0.4, -0.2) is 56.1 Å². The normalized spacial score (nSPS) is 9.67. The van der Waals surface area contributed by atoms with Gasteiger partial charge in [-0.25, -0.2) is 0 Å². The molecule has 1 amide bonds. The molecule has 0 radical (unpaired) electrons. The first-order valence-corrected chi connectivity index (χ1v) is 6.74. The molecule has 0 aliphatic rings. The molecule has 1 aromatic heterocycles. The number of nitrogens with one attached hydrogen (secondary N) is 2. The molecule has 21 heavy (non-hydrogen) atoms. The van der Waals surface area contributed by atoms with Crippen molar-refractivity contribution >= 4 is 5.91 Å². The summed E-state index contributed by atoms with van der Waals surface area (Å²) in [5.74, 6) is -0.0324. The van der Waals surface area contributed by atoms with Gasteiger partial charge < -0.3 is 40.3 Å². The zero-order valence-corrected chi connectivity index (χ0v) is 14.1. The molecule has 0 fully saturated rings. The number of pyridine rings is 1. The number of carbonyl (C=O) groups excluding carboxylic acids is 1. The Hall–Kier alpha value is -0.880. The Kier molecular flexibility index (Phi) is 15.0. The minimum Gasteiger partial charge on any atom is -1.00 e. The number of hydrogen-bond donors (Lipinski definition) is 2. The molecule has 1 heterocycles. The van der Waals surface area contributed by atoms with E-state index in [1.807, 2.05) is 0 Å². The molecule has 0 aliphatic carbocycles. The molecule has 7 heteroatoms. The Labute approximate surface area is 139 Å². The smallest absolute Gasteiger partial charge is 0.251 e. The summed E-state index contributed by atoms with van der Waals surface area (Å²) in [5.41, 5.74) is 0.661. The van der Waals surface area contributed by atoms with E-state index in [-0.39, 0.29) is 30.7 Å². The predicted molar refractivity (Wildman–Crippen MR) is 77.2 cm³/mol. The zero-order chi connectivity index (χ0) is 13.9. The Balaban J connectivity index is 0. The van der Waals surface area contributed by atoms with Crippen molar-refractivity contribution in [1.29, 1.82) is 0 Å². The molecule has 0 atom stereocenters. The van der Waals surface area contributed by atoms with Crippen LogP contribution in [0.2, 0.25) is 0 Å². The van der Waals surface area contributed by atoms with Crippen LogP contribution in [-0.2, 0) is 0 Å². The molecule has 0 saturated heterocycles. The van der Waals surface area contributed by atoms with Gasteiger partial charge in [-0.05, 0) is 58.7 Å². The van der Waals surface area contributed by atoms with Crippen molar-refractivity contribution in [3.05, 3.63) is 30.1 Å². The Morgan fingerprint density at radius 3 is 2.33 bits per heavy atom.